The second-order valence-electron chi connectivity index (χ2n) is 13.9. The smallest absolute Gasteiger partial charge is 0.312 e. The van der Waals surface area contributed by atoms with Crippen molar-refractivity contribution in [2.45, 2.75) is 0 Å². The summed E-state index contributed by atoms with van der Waals surface area (Å²) in [5, 5.41) is 60.0. The van der Waals surface area contributed by atoms with Gasteiger partial charge in [0.1, 0.15) is 51.6 Å². The van der Waals surface area contributed by atoms with Crippen LogP contribution in [0.25, 0.3) is 0 Å². The number of benzene rings is 5. The summed E-state index contributed by atoms with van der Waals surface area (Å²) in [6.45, 7) is 12.4. The molecule has 5 aromatic rings. The fourth-order valence-electron chi connectivity index (χ4n) is 4.40. The van der Waals surface area contributed by atoms with Crippen molar-refractivity contribution in [2.24, 2.45) is 0 Å². The Labute approximate surface area is 363 Å². The van der Waals surface area contributed by atoms with Gasteiger partial charge in [0.15, 0.2) is 0 Å². The molecule has 5 aromatic carbocycles. The zero-order chi connectivity index (χ0) is 45.8. The van der Waals surface area contributed by atoms with Gasteiger partial charge in [0, 0.05) is 26.2 Å². The minimum atomic E-state index is -2.79. The fraction of sp³-hybridized carbons (Fsp3) is 0.211. The lowest BCUT2D eigenvalue weighted by Gasteiger charge is -2.10. The van der Waals surface area contributed by atoms with Crippen LogP contribution in [0.3, 0.4) is 0 Å². The van der Waals surface area contributed by atoms with Gasteiger partial charge in [0.2, 0.25) is 5.75 Å². The molecule has 0 atom stereocenters. The standard InChI is InChI=1S/C8H9ClNO4P.2C8H10ClO2P.C8H12NO2P.C6H5ClO/c1-15(2,14)7-4-5(9)3-6(8(7)11)10(12)13;2*1-12(2,11)8-5-6(9)3-4-7(8)10;1-12(2,11)7-5-3-4-6(9)8(7)10;7-5-1-3-6(8)4-2-5/h3-4,11H,1-2H3;2*3-5,10H,1-2H3;3-5,10H,9H2,1-2H3;1-4,8H. The number of hydrogen-bond donors (Lipinski definition) is 6. The van der Waals surface area contributed by atoms with Gasteiger partial charge in [-0.2, -0.15) is 0 Å². The number of nitrogens with two attached hydrogens (primary N) is 1. The molecule has 0 amide bonds. The van der Waals surface area contributed by atoms with Crippen molar-refractivity contribution in [2.75, 3.05) is 59.1 Å². The first kappa shape index (κ1) is 53.4. The van der Waals surface area contributed by atoms with Crippen LogP contribution in [0.2, 0.25) is 20.1 Å². The molecular formula is C38H46Cl4N2O11P4. The molecule has 5 rings (SSSR count). The summed E-state index contributed by atoms with van der Waals surface area (Å²) in [7, 11) is -10.0. The van der Waals surface area contributed by atoms with Gasteiger partial charge in [0.25, 0.3) is 0 Å². The molecule has 59 heavy (non-hydrogen) atoms. The highest BCUT2D eigenvalue weighted by Crippen LogP contribution is 2.43. The Balaban J connectivity index is 0.000000373. The van der Waals surface area contributed by atoms with Crippen molar-refractivity contribution in [3.05, 3.63) is 121 Å². The molecule has 0 saturated heterocycles. The van der Waals surface area contributed by atoms with Crippen LogP contribution < -0.4 is 27.0 Å². The quantitative estimate of drug-likeness (QED) is 0.0317. The van der Waals surface area contributed by atoms with Crippen LogP contribution >= 0.6 is 75.0 Å². The summed E-state index contributed by atoms with van der Waals surface area (Å²) in [6.07, 6.45) is 0. The lowest BCUT2D eigenvalue weighted by atomic mass is 10.3. The van der Waals surface area contributed by atoms with Gasteiger partial charge in [-0.05, 0) is 132 Å². The number of aromatic hydroxyl groups is 5. The van der Waals surface area contributed by atoms with Crippen LogP contribution in [0.1, 0.15) is 0 Å². The topological polar surface area (TPSA) is 239 Å². The third-order valence-electron chi connectivity index (χ3n) is 7.30. The number of halogens is 4. The third-order valence-corrected chi connectivity index (χ3v) is 14.3. The van der Waals surface area contributed by atoms with Crippen LogP contribution in [-0.4, -0.2) is 83.8 Å². The van der Waals surface area contributed by atoms with E-state index in [2.05, 4.69) is 0 Å². The maximum atomic E-state index is 11.7. The summed E-state index contributed by atoms with van der Waals surface area (Å²) < 4.78 is 46.4. The van der Waals surface area contributed by atoms with E-state index in [0.29, 0.717) is 31.0 Å². The molecule has 322 valence electrons. The number of para-hydroxylation sites is 1. The van der Waals surface area contributed by atoms with E-state index in [9.17, 15) is 48.8 Å². The zero-order valence-electron chi connectivity index (χ0n) is 33.2. The molecular weight excluding hydrogens is 926 g/mol. The number of rotatable bonds is 5. The van der Waals surface area contributed by atoms with Crippen LogP contribution in [0.5, 0.6) is 28.7 Å². The van der Waals surface area contributed by atoms with Crippen molar-refractivity contribution in [3.63, 3.8) is 0 Å². The highest BCUT2D eigenvalue weighted by molar-refractivity contribution is 7.71. The summed E-state index contributed by atoms with van der Waals surface area (Å²) in [4.78, 5) is 9.79. The van der Waals surface area contributed by atoms with Gasteiger partial charge >= 0.3 is 5.69 Å². The van der Waals surface area contributed by atoms with E-state index >= 15 is 0 Å². The Morgan fingerprint density at radius 3 is 1.19 bits per heavy atom. The van der Waals surface area contributed by atoms with Crippen LogP contribution in [-0.2, 0) is 18.3 Å². The molecule has 21 heteroatoms. The fourth-order valence-corrected chi connectivity index (χ4v) is 9.62. The van der Waals surface area contributed by atoms with E-state index < -0.39 is 44.9 Å². The van der Waals surface area contributed by atoms with Crippen molar-refractivity contribution >= 4 is 108 Å². The number of nitro benzene ring substituents is 1. The minimum Gasteiger partial charge on any atom is -0.508 e. The molecule has 0 aliphatic heterocycles. The van der Waals surface area contributed by atoms with Crippen LogP contribution in [0, 0.1) is 10.1 Å². The highest BCUT2D eigenvalue weighted by atomic mass is 35.5. The number of phenols is 5. The average molecular weight is 972 g/mol. The maximum Gasteiger partial charge on any atom is 0.312 e. The largest absolute Gasteiger partial charge is 0.508 e. The molecule has 0 heterocycles. The Morgan fingerprint density at radius 2 is 0.864 bits per heavy atom. The van der Waals surface area contributed by atoms with Gasteiger partial charge in [0.05, 0.1) is 31.8 Å². The molecule has 0 aliphatic rings. The van der Waals surface area contributed by atoms with Crippen LogP contribution in [0.15, 0.2) is 91.0 Å². The van der Waals surface area contributed by atoms with E-state index in [0.717, 1.165) is 6.07 Å². The van der Waals surface area contributed by atoms with Gasteiger partial charge < -0.3 is 49.5 Å². The minimum absolute atomic E-state index is 0.0294. The molecule has 0 aromatic heterocycles. The SMILES string of the molecule is CP(C)(=O)c1cc(Cl)cc([N+](=O)[O-])c1O.CP(C)(=O)c1cc(Cl)ccc1O.CP(C)(=O)c1cc(Cl)ccc1O.CP(C)(=O)c1cccc(N)c1O.Oc1ccc(Cl)cc1. The molecule has 0 bridgehead atoms. The number of anilines is 1. The number of nitrogen functional groups attached to an aromatic ring is 1. The van der Waals surface area contributed by atoms with Gasteiger partial charge in [-0.1, -0.05) is 52.5 Å². The lowest BCUT2D eigenvalue weighted by molar-refractivity contribution is -0.385. The van der Waals surface area contributed by atoms with Crippen molar-refractivity contribution in [1.29, 1.82) is 0 Å². The zero-order valence-corrected chi connectivity index (χ0v) is 39.8. The summed E-state index contributed by atoms with van der Waals surface area (Å²) >= 11 is 22.5. The van der Waals surface area contributed by atoms with Crippen molar-refractivity contribution < 1.29 is 48.7 Å². The molecule has 7 N–H and O–H groups in total. The summed E-state index contributed by atoms with van der Waals surface area (Å²) in [6, 6.07) is 22.7. The first-order chi connectivity index (χ1) is 26.8. The first-order valence-electron chi connectivity index (χ1n) is 16.6. The summed E-state index contributed by atoms with van der Waals surface area (Å²) in [5.74, 6) is -0.279. The lowest BCUT2D eigenvalue weighted by Crippen LogP contribution is -2.06. The number of hydrogen-bond acceptors (Lipinski definition) is 12. The number of nitrogens with zero attached hydrogens (tertiary/aromatic N) is 1. The molecule has 0 fully saturated rings. The van der Waals surface area contributed by atoms with Gasteiger partial charge in [-0.25, -0.2) is 0 Å². The normalized spacial score (nSPS) is 11.2. The Hall–Kier alpha value is -3.62. The first-order valence-corrected chi connectivity index (χ1v) is 28.6. The van der Waals surface area contributed by atoms with E-state index in [-0.39, 0.29) is 39.0 Å². The molecule has 0 aliphatic carbocycles. The van der Waals surface area contributed by atoms with Crippen LogP contribution in [0.4, 0.5) is 11.4 Å². The Kier molecular flexibility index (Phi) is 20.2. The second kappa shape index (κ2) is 22.3. The molecule has 13 nitrogen and oxygen atoms in total. The predicted octanol–water partition coefficient (Wildman–Crippen LogP) is 10.1. The van der Waals surface area contributed by atoms with Gasteiger partial charge in [-0.3, -0.25) is 10.1 Å². The Morgan fingerprint density at radius 1 is 0.492 bits per heavy atom. The third kappa shape index (κ3) is 18.3. The second-order valence-corrected chi connectivity index (χ2v) is 28.4. The molecule has 0 saturated carbocycles. The number of nitro groups is 1. The van der Waals surface area contributed by atoms with E-state index in [1.54, 1.807) is 94.6 Å². The summed E-state index contributed by atoms with van der Waals surface area (Å²) in [5.41, 5.74) is 5.19. The van der Waals surface area contributed by atoms with E-state index in [1.165, 1.54) is 43.7 Å². The molecule has 0 unspecified atom stereocenters. The Bertz CT molecular complexity index is 2330. The predicted molar refractivity (Wildman–Crippen MR) is 248 cm³/mol. The van der Waals surface area contributed by atoms with E-state index in [4.69, 9.17) is 57.2 Å². The number of phenolic OH excluding ortho intramolecular Hbond substituents is 5. The molecule has 0 radical (unpaired) electrons. The van der Waals surface area contributed by atoms with Crippen molar-refractivity contribution in [1.82, 2.24) is 0 Å². The average Bonchev–Trinajstić information content (AvgIpc) is 3.09. The van der Waals surface area contributed by atoms with Crippen molar-refractivity contribution in [3.8, 4) is 28.7 Å². The van der Waals surface area contributed by atoms with E-state index in [1.807, 2.05) is 0 Å². The monoisotopic (exact) mass is 970 g/mol. The maximum absolute atomic E-state index is 11.7. The molecule has 0 spiro atoms. The van der Waals surface area contributed by atoms with Gasteiger partial charge in [-0.15, -0.1) is 0 Å². The highest BCUT2D eigenvalue weighted by Gasteiger charge is 2.25.